The number of rotatable bonds is 7. The summed E-state index contributed by atoms with van der Waals surface area (Å²) in [5.41, 5.74) is 3.25. The van der Waals surface area contributed by atoms with Crippen molar-refractivity contribution in [2.45, 2.75) is 19.9 Å². The Hall–Kier alpha value is -3.41. The Labute approximate surface area is 158 Å². The number of amides is 1. The van der Waals surface area contributed by atoms with Crippen molar-refractivity contribution < 1.29 is 9.53 Å². The minimum atomic E-state index is -0.276. The van der Waals surface area contributed by atoms with Crippen molar-refractivity contribution in [2.24, 2.45) is 0 Å². The normalized spacial score (nSPS) is 10.3. The first-order chi connectivity index (χ1) is 13.2. The van der Waals surface area contributed by atoms with Crippen molar-refractivity contribution in [3.63, 3.8) is 0 Å². The van der Waals surface area contributed by atoms with Crippen molar-refractivity contribution in [3.8, 4) is 5.75 Å². The van der Waals surface area contributed by atoms with Gasteiger partial charge in [0.15, 0.2) is 0 Å². The second kappa shape index (κ2) is 8.80. The molecule has 0 fully saturated rings. The molecule has 3 rings (SSSR count). The highest BCUT2D eigenvalue weighted by Gasteiger charge is 2.10. The zero-order valence-corrected chi connectivity index (χ0v) is 15.4. The summed E-state index contributed by atoms with van der Waals surface area (Å²) in [5.74, 6) is 1.09. The lowest BCUT2D eigenvalue weighted by Crippen LogP contribution is -2.14. The molecule has 0 bridgehead atoms. The molecule has 1 amide bonds. The fraction of sp³-hybridized carbons (Fsp3) is 0.190. The molecular formula is C21H22N4O2. The van der Waals surface area contributed by atoms with Gasteiger partial charge in [-0.2, -0.15) is 0 Å². The fourth-order valence-corrected chi connectivity index (χ4v) is 2.63. The van der Waals surface area contributed by atoms with Crippen LogP contribution in [0.1, 0.15) is 28.5 Å². The van der Waals surface area contributed by atoms with Gasteiger partial charge in [0.2, 0.25) is 0 Å². The summed E-state index contributed by atoms with van der Waals surface area (Å²) >= 11 is 0. The third-order valence-corrected chi connectivity index (χ3v) is 4.17. The van der Waals surface area contributed by atoms with Gasteiger partial charge in [0, 0.05) is 23.9 Å². The summed E-state index contributed by atoms with van der Waals surface area (Å²) in [6.07, 6.45) is 2.33. The first-order valence-corrected chi connectivity index (χ1v) is 8.77. The van der Waals surface area contributed by atoms with E-state index in [2.05, 4.69) is 27.5 Å². The maximum atomic E-state index is 12.4. The van der Waals surface area contributed by atoms with Crippen LogP contribution < -0.4 is 15.4 Å². The van der Waals surface area contributed by atoms with Crippen LogP contribution in [0.4, 0.5) is 11.5 Å². The van der Waals surface area contributed by atoms with E-state index in [1.165, 1.54) is 11.9 Å². The van der Waals surface area contributed by atoms with Gasteiger partial charge < -0.3 is 15.4 Å². The molecule has 0 aliphatic heterocycles. The topological polar surface area (TPSA) is 76.1 Å². The van der Waals surface area contributed by atoms with E-state index < -0.39 is 0 Å². The summed E-state index contributed by atoms with van der Waals surface area (Å²) in [6, 6.07) is 17.1. The number of hydrogen-bond acceptors (Lipinski definition) is 5. The van der Waals surface area contributed by atoms with Gasteiger partial charge in [-0.15, -0.1) is 0 Å². The molecule has 0 aliphatic rings. The number of nitrogens with one attached hydrogen (secondary N) is 2. The van der Waals surface area contributed by atoms with Crippen molar-refractivity contribution >= 4 is 17.4 Å². The van der Waals surface area contributed by atoms with E-state index in [-0.39, 0.29) is 5.91 Å². The Bertz CT molecular complexity index is 910. The Morgan fingerprint density at radius 2 is 1.85 bits per heavy atom. The maximum Gasteiger partial charge on any atom is 0.274 e. The standard InChI is InChI=1S/C21H22N4O2/c1-3-15-8-10-17(11-9-15)25-21(26)18-12-20(24-14-23-18)22-13-16-6-4-5-7-19(16)27-2/h4-12,14H,3,13H2,1-2H3,(H,25,26)(H,22,23,24). The second-order valence-electron chi connectivity index (χ2n) is 5.96. The van der Waals surface area contributed by atoms with Gasteiger partial charge in [-0.3, -0.25) is 4.79 Å². The molecule has 3 aromatic rings. The van der Waals surface area contributed by atoms with E-state index in [1.807, 2.05) is 48.5 Å². The van der Waals surface area contributed by atoms with Gasteiger partial charge in [0.1, 0.15) is 23.6 Å². The van der Waals surface area contributed by atoms with Gasteiger partial charge in [-0.05, 0) is 30.2 Å². The minimum absolute atomic E-state index is 0.276. The average Bonchev–Trinajstić information content (AvgIpc) is 2.73. The Balaban J connectivity index is 1.66. The molecule has 6 heteroatoms. The number of aromatic nitrogens is 2. The Morgan fingerprint density at radius 1 is 1.07 bits per heavy atom. The first-order valence-electron chi connectivity index (χ1n) is 8.77. The smallest absolute Gasteiger partial charge is 0.274 e. The van der Waals surface area contributed by atoms with Gasteiger partial charge >= 0.3 is 0 Å². The van der Waals surface area contributed by atoms with E-state index in [0.29, 0.717) is 18.1 Å². The molecule has 0 spiro atoms. The number of carbonyl (C=O) groups is 1. The molecular weight excluding hydrogens is 340 g/mol. The second-order valence-corrected chi connectivity index (χ2v) is 5.96. The van der Waals surface area contributed by atoms with Crippen molar-refractivity contribution in [1.29, 1.82) is 0 Å². The Kier molecular flexibility index (Phi) is 5.99. The van der Waals surface area contributed by atoms with Crippen LogP contribution in [0.25, 0.3) is 0 Å². The summed E-state index contributed by atoms with van der Waals surface area (Å²) in [4.78, 5) is 20.7. The lowest BCUT2D eigenvalue weighted by molar-refractivity contribution is 0.102. The molecule has 1 heterocycles. The first kappa shape index (κ1) is 18.4. The van der Waals surface area contributed by atoms with Gasteiger partial charge in [0.25, 0.3) is 5.91 Å². The lowest BCUT2D eigenvalue weighted by atomic mass is 10.1. The highest BCUT2D eigenvalue weighted by molar-refractivity contribution is 6.03. The average molecular weight is 362 g/mol. The summed E-state index contributed by atoms with van der Waals surface area (Å²) in [6.45, 7) is 2.62. The number of benzene rings is 2. The number of nitrogens with zero attached hydrogens (tertiary/aromatic N) is 2. The quantitative estimate of drug-likeness (QED) is 0.666. The zero-order valence-electron chi connectivity index (χ0n) is 15.4. The third kappa shape index (κ3) is 4.82. The molecule has 2 aromatic carbocycles. The number of methoxy groups -OCH3 is 1. The molecule has 0 aliphatic carbocycles. The SMILES string of the molecule is CCc1ccc(NC(=O)c2cc(NCc3ccccc3OC)ncn2)cc1. The van der Waals surface area contributed by atoms with Crippen molar-refractivity contribution in [1.82, 2.24) is 9.97 Å². The van der Waals surface area contributed by atoms with E-state index in [4.69, 9.17) is 4.74 Å². The van der Waals surface area contributed by atoms with Crippen molar-refractivity contribution in [3.05, 3.63) is 77.7 Å². The highest BCUT2D eigenvalue weighted by atomic mass is 16.5. The maximum absolute atomic E-state index is 12.4. The van der Waals surface area contributed by atoms with Crippen LogP contribution in [0, 0.1) is 0 Å². The number of carbonyl (C=O) groups excluding carboxylic acids is 1. The largest absolute Gasteiger partial charge is 0.496 e. The number of ether oxygens (including phenoxy) is 1. The van der Waals surface area contributed by atoms with Gasteiger partial charge in [0.05, 0.1) is 7.11 Å². The molecule has 1 aromatic heterocycles. The van der Waals surface area contributed by atoms with E-state index in [0.717, 1.165) is 23.4 Å². The van der Waals surface area contributed by atoms with Crippen LogP contribution in [-0.2, 0) is 13.0 Å². The summed E-state index contributed by atoms with van der Waals surface area (Å²) in [5, 5.41) is 6.05. The Morgan fingerprint density at radius 3 is 2.59 bits per heavy atom. The molecule has 0 radical (unpaired) electrons. The van der Waals surface area contributed by atoms with E-state index >= 15 is 0 Å². The van der Waals surface area contributed by atoms with Crippen LogP contribution in [-0.4, -0.2) is 23.0 Å². The molecule has 0 unspecified atom stereocenters. The van der Waals surface area contributed by atoms with Crippen LogP contribution in [0.3, 0.4) is 0 Å². The van der Waals surface area contributed by atoms with Gasteiger partial charge in [-0.1, -0.05) is 37.3 Å². The predicted molar refractivity (Wildman–Crippen MR) is 106 cm³/mol. The monoisotopic (exact) mass is 362 g/mol. The number of anilines is 2. The van der Waals surface area contributed by atoms with Crippen LogP contribution in [0.15, 0.2) is 60.9 Å². The van der Waals surface area contributed by atoms with Crippen molar-refractivity contribution in [2.75, 3.05) is 17.7 Å². The molecule has 6 nitrogen and oxygen atoms in total. The van der Waals surface area contributed by atoms with E-state index in [1.54, 1.807) is 13.2 Å². The fourth-order valence-electron chi connectivity index (χ4n) is 2.63. The zero-order chi connectivity index (χ0) is 19.1. The number of hydrogen-bond donors (Lipinski definition) is 2. The van der Waals surface area contributed by atoms with E-state index in [9.17, 15) is 4.79 Å². The molecule has 2 N–H and O–H groups in total. The molecule has 138 valence electrons. The molecule has 27 heavy (non-hydrogen) atoms. The summed E-state index contributed by atoms with van der Waals surface area (Å²) < 4.78 is 5.34. The van der Waals surface area contributed by atoms with Crippen LogP contribution in [0.2, 0.25) is 0 Å². The minimum Gasteiger partial charge on any atom is -0.496 e. The van der Waals surface area contributed by atoms with Gasteiger partial charge in [-0.25, -0.2) is 9.97 Å². The predicted octanol–water partition coefficient (Wildman–Crippen LogP) is 3.91. The lowest BCUT2D eigenvalue weighted by Gasteiger charge is -2.10. The third-order valence-electron chi connectivity index (χ3n) is 4.17. The molecule has 0 atom stereocenters. The summed E-state index contributed by atoms with van der Waals surface area (Å²) in [7, 11) is 1.64. The van der Waals surface area contributed by atoms with Crippen LogP contribution in [0.5, 0.6) is 5.75 Å². The molecule has 0 saturated carbocycles. The highest BCUT2D eigenvalue weighted by Crippen LogP contribution is 2.18. The molecule has 0 saturated heterocycles. The number of aryl methyl sites for hydroxylation is 1. The van der Waals surface area contributed by atoms with Crippen LogP contribution >= 0.6 is 0 Å². The number of para-hydroxylation sites is 1.